The first-order valence-electron chi connectivity index (χ1n) is 5.52. The largest absolute Gasteiger partial charge is 0.457 e. The van der Waals surface area contributed by atoms with Gasteiger partial charge in [-0.2, -0.15) is 0 Å². The summed E-state index contributed by atoms with van der Waals surface area (Å²) in [5.41, 5.74) is 0.555. The highest BCUT2D eigenvalue weighted by molar-refractivity contribution is 9.10. The fraction of sp³-hybridized carbons (Fsp3) is 0.545. The number of carbonyl (C=O) groups excluding carboxylic acids is 1. The van der Waals surface area contributed by atoms with Crippen LogP contribution in [0.3, 0.4) is 0 Å². The van der Waals surface area contributed by atoms with Crippen LogP contribution in [0.1, 0.15) is 29.6 Å². The van der Waals surface area contributed by atoms with Crippen LogP contribution in [-0.4, -0.2) is 25.0 Å². The Hall–Kier alpha value is -0.810. The number of rotatable bonds is 4. The van der Waals surface area contributed by atoms with Crippen LogP contribution in [-0.2, 0) is 0 Å². The minimum absolute atomic E-state index is 0.0846. The van der Waals surface area contributed by atoms with Gasteiger partial charge in [0.1, 0.15) is 0 Å². The summed E-state index contributed by atoms with van der Waals surface area (Å²) in [5.74, 6) is -0.0846. The predicted molar refractivity (Wildman–Crippen MR) is 64.4 cm³/mol. The first-order chi connectivity index (χ1) is 7.77. The molecule has 1 aromatic rings. The molecule has 0 saturated carbocycles. The summed E-state index contributed by atoms with van der Waals surface area (Å²) in [4.78, 5) is 11.7. The van der Waals surface area contributed by atoms with Crippen LogP contribution < -0.4 is 10.6 Å². The number of hydrogen-bond donors (Lipinski definition) is 2. The lowest BCUT2D eigenvalue weighted by Gasteiger charge is -2.10. The van der Waals surface area contributed by atoms with E-state index in [4.69, 9.17) is 4.42 Å². The minimum atomic E-state index is -0.0846. The average molecular weight is 287 g/mol. The summed E-state index contributed by atoms with van der Waals surface area (Å²) in [6.07, 6.45) is 4.94. The zero-order chi connectivity index (χ0) is 11.4. The summed E-state index contributed by atoms with van der Waals surface area (Å²) in [6.45, 7) is 1.81. The second-order valence-corrected chi connectivity index (χ2v) is 4.67. The molecule has 16 heavy (non-hydrogen) atoms. The SMILES string of the molecule is O=C(NCC[C@@H]1CCCN1)c1ccoc1Br. The quantitative estimate of drug-likeness (QED) is 0.889. The highest BCUT2D eigenvalue weighted by Gasteiger charge is 2.15. The van der Waals surface area contributed by atoms with Crippen molar-refractivity contribution in [1.82, 2.24) is 10.6 Å². The van der Waals surface area contributed by atoms with Gasteiger partial charge in [-0.1, -0.05) is 0 Å². The molecule has 1 fully saturated rings. The molecule has 1 atom stereocenters. The molecule has 0 bridgehead atoms. The standard InChI is InChI=1S/C11H15BrN2O2/c12-10-9(4-7-16-10)11(15)14-6-3-8-2-1-5-13-8/h4,7-8,13H,1-3,5-6H2,(H,14,15)/t8-/m0/s1. The Bertz CT molecular complexity index is 359. The molecule has 1 aromatic heterocycles. The zero-order valence-electron chi connectivity index (χ0n) is 8.96. The molecule has 2 heterocycles. The molecular weight excluding hydrogens is 272 g/mol. The van der Waals surface area contributed by atoms with Gasteiger partial charge in [-0.15, -0.1) is 0 Å². The van der Waals surface area contributed by atoms with Crippen LogP contribution in [0.15, 0.2) is 21.4 Å². The third kappa shape index (κ3) is 2.86. The summed E-state index contributed by atoms with van der Waals surface area (Å²) < 4.78 is 5.50. The maximum atomic E-state index is 11.7. The van der Waals surface area contributed by atoms with Crippen molar-refractivity contribution in [2.45, 2.75) is 25.3 Å². The van der Waals surface area contributed by atoms with Crippen LogP contribution in [0.5, 0.6) is 0 Å². The van der Waals surface area contributed by atoms with E-state index >= 15 is 0 Å². The lowest BCUT2D eigenvalue weighted by molar-refractivity contribution is 0.0950. The average Bonchev–Trinajstić information content (AvgIpc) is 2.88. The monoisotopic (exact) mass is 286 g/mol. The molecule has 88 valence electrons. The van der Waals surface area contributed by atoms with Gasteiger partial charge in [-0.05, 0) is 47.8 Å². The minimum Gasteiger partial charge on any atom is -0.457 e. The van der Waals surface area contributed by atoms with Crippen molar-refractivity contribution < 1.29 is 9.21 Å². The zero-order valence-corrected chi connectivity index (χ0v) is 10.5. The summed E-state index contributed by atoms with van der Waals surface area (Å²) in [7, 11) is 0. The molecular formula is C11H15BrN2O2. The molecule has 1 amide bonds. The van der Waals surface area contributed by atoms with Crippen LogP contribution in [0.4, 0.5) is 0 Å². The number of nitrogens with one attached hydrogen (secondary N) is 2. The Morgan fingerprint density at radius 3 is 3.19 bits per heavy atom. The lowest BCUT2D eigenvalue weighted by atomic mass is 10.1. The van der Waals surface area contributed by atoms with Crippen molar-refractivity contribution in [2.24, 2.45) is 0 Å². The van der Waals surface area contributed by atoms with E-state index in [0.717, 1.165) is 13.0 Å². The van der Waals surface area contributed by atoms with Crippen molar-refractivity contribution in [1.29, 1.82) is 0 Å². The van der Waals surface area contributed by atoms with E-state index in [1.807, 2.05) is 0 Å². The van der Waals surface area contributed by atoms with Gasteiger partial charge in [0.2, 0.25) is 0 Å². The Labute approximate surface area is 103 Å². The van der Waals surface area contributed by atoms with Crippen molar-refractivity contribution in [3.05, 3.63) is 22.6 Å². The smallest absolute Gasteiger partial charge is 0.255 e. The molecule has 1 aliphatic rings. The van der Waals surface area contributed by atoms with Gasteiger partial charge in [0, 0.05) is 12.6 Å². The number of amides is 1. The van der Waals surface area contributed by atoms with Crippen molar-refractivity contribution in [2.75, 3.05) is 13.1 Å². The summed E-state index contributed by atoms with van der Waals surface area (Å²) >= 11 is 3.19. The van der Waals surface area contributed by atoms with E-state index in [2.05, 4.69) is 26.6 Å². The van der Waals surface area contributed by atoms with Gasteiger partial charge in [0.25, 0.3) is 5.91 Å². The summed E-state index contributed by atoms with van der Waals surface area (Å²) in [6, 6.07) is 2.22. The van der Waals surface area contributed by atoms with Gasteiger partial charge in [-0.3, -0.25) is 4.79 Å². The molecule has 5 heteroatoms. The first kappa shape index (κ1) is 11.7. The number of furan rings is 1. The Balaban J connectivity index is 1.73. The first-order valence-corrected chi connectivity index (χ1v) is 6.31. The molecule has 1 aliphatic heterocycles. The fourth-order valence-corrected chi connectivity index (χ4v) is 2.33. The predicted octanol–water partition coefficient (Wildman–Crippen LogP) is 1.91. The fourth-order valence-electron chi connectivity index (χ4n) is 1.91. The van der Waals surface area contributed by atoms with E-state index < -0.39 is 0 Å². The highest BCUT2D eigenvalue weighted by Crippen LogP contribution is 2.17. The molecule has 1 saturated heterocycles. The summed E-state index contributed by atoms with van der Waals surface area (Å²) in [5, 5.41) is 6.28. The van der Waals surface area contributed by atoms with E-state index in [9.17, 15) is 4.79 Å². The Morgan fingerprint density at radius 1 is 1.69 bits per heavy atom. The van der Waals surface area contributed by atoms with Crippen LogP contribution >= 0.6 is 15.9 Å². The molecule has 4 nitrogen and oxygen atoms in total. The number of halogens is 1. The Kier molecular flexibility index (Phi) is 4.01. The molecule has 0 aliphatic carbocycles. The molecule has 0 radical (unpaired) electrons. The van der Waals surface area contributed by atoms with Crippen molar-refractivity contribution in [3.8, 4) is 0 Å². The van der Waals surface area contributed by atoms with Gasteiger partial charge in [-0.25, -0.2) is 0 Å². The van der Waals surface area contributed by atoms with Crippen LogP contribution in [0.25, 0.3) is 0 Å². The molecule has 2 N–H and O–H groups in total. The van der Waals surface area contributed by atoms with Gasteiger partial charge in [0.15, 0.2) is 4.67 Å². The van der Waals surface area contributed by atoms with Gasteiger partial charge < -0.3 is 15.1 Å². The van der Waals surface area contributed by atoms with Gasteiger partial charge >= 0.3 is 0 Å². The van der Waals surface area contributed by atoms with E-state index in [1.54, 1.807) is 6.07 Å². The van der Waals surface area contributed by atoms with E-state index in [1.165, 1.54) is 19.1 Å². The van der Waals surface area contributed by atoms with Crippen LogP contribution in [0, 0.1) is 0 Å². The maximum absolute atomic E-state index is 11.7. The molecule has 2 rings (SSSR count). The second kappa shape index (κ2) is 5.50. The van der Waals surface area contributed by atoms with E-state index in [0.29, 0.717) is 22.8 Å². The Morgan fingerprint density at radius 2 is 2.56 bits per heavy atom. The maximum Gasteiger partial charge on any atom is 0.255 e. The third-order valence-electron chi connectivity index (χ3n) is 2.80. The highest BCUT2D eigenvalue weighted by atomic mass is 79.9. The topological polar surface area (TPSA) is 54.3 Å². The number of carbonyl (C=O) groups is 1. The van der Waals surface area contributed by atoms with Crippen molar-refractivity contribution in [3.63, 3.8) is 0 Å². The molecule has 0 spiro atoms. The lowest BCUT2D eigenvalue weighted by Crippen LogP contribution is -2.30. The normalized spacial score (nSPS) is 19.9. The number of hydrogen-bond acceptors (Lipinski definition) is 3. The van der Waals surface area contributed by atoms with Crippen LogP contribution in [0.2, 0.25) is 0 Å². The second-order valence-electron chi connectivity index (χ2n) is 3.95. The van der Waals surface area contributed by atoms with E-state index in [-0.39, 0.29) is 5.91 Å². The molecule has 0 unspecified atom stereocenters. The van der Waals surface area contributed by atoms with Crippen molar-refractivity contribution >= 4 is 21.8 Å². The third-order valence-corrected chi connectivity index (χ3v) is 3.42. The molecule has 0 aromatic carbocycles. The van der Waals surface area contributed by atoms with Gasteiger partial charge in [0.05, 0.1) is 11.8 Å².